The van der Waals surface area contributed by atoms with Crippen LogP contribution in [0.2, 0.25) is 0 Å². The Morgan fingerprint density at radius 1 is 1.31 bits per heavy atom. The minimum atomic E-state index is 0.230. The van der Waals surface area contributed by atoms with Gasteiger partial charge in [-0.3, -0.25) is 0 Å². The van der Waals surface area contributed by atoms with Gasteiger partial charge in [-0.25, -0.2) is 0 Å². The molecule has 0 bridgehead atoms. The van der Waals surface area contributed by atoms with Crippen LogP contribution in [-0.2, 0) is 0 Å². The Morgan fingerprint density at radius 2 is 2.08 bits per heavy atom. The summed E-state index contributed by atoms with van der Waals surface area (Å²) in [5, 5.41) is 0. The van der Waals surface area contributed by atoms with Crippen LogP contribution in [0.5, 0.6) is 0 Å². The molecule has 2 heteroatoms. The second kappa shape index (κ2) is 3.18. The van der Waals surface area contributed by atoms with Crippen molar-refractivity contribution in [1.82, 2.24) is 0 Å². The molecule has 0 saturated carbocycles. The van der Waals surface area contributed by atoms with Crippen LogP contribution in [0.1, 0.15) is 19.4 Å². The summed E-state index contributed by atoms with van der Waals surface area (Å²) in [4.78, 5) is 1.36. The van der Waals surface area contributed by atoms with Gasteiger partial charge >= 0.3 is 0 Å². The normalized spacial score (nSPS) is 18.4. The van der Waals surface area contributed by atoms with E-state index >= 15 is 0 Å². The van der Waals surface area contributed by atoms with E-state index in [1.54, 1.807) is 0 Å². The molecule has 68 valence electrons. The van der Waals surface area contributed by atoms with Gasteiger partial charge in [0.05, 0.1) is 0 Å². The first kappa shape index (κ1) is 9.35. The van der Waals surface area contributed by atoms with Gasteiger partial charge in [0.25, 0.3) is 0 Å². The lowest BCUT2D eigenvalue weighted by atomic mass is 10.1. The average Bonchev–Trinajstić information content (AvgIpc) is 2.01. The highest BCUT2D eigenvalue weighted by Gasteiger charge is 2.20. The van der Waals surface area contributed by atoms with E-state index in [4.69, 9.17) is 0 Å². The largest absolute Gasteiger partial charge is 0.115 e. The molecule has 0 aliphatic carbocycles. The summed E-state index contributed by atoms with van der Waals surface area (Å²) in [5.41, 5.74) is 1.33. The van der Waals surface area contributed by atoms with Gasteiger partial charge in [-0.1, -0.05) is 34.1 Å². The minimum Gasteiger partial charge on any atom is -0.115 e. The van der Waals surface area contributed by atoms with Crippen molar-refractivity contribution in [3.05, 3.63) is 34.3 Å². The van der Waals surface area contributed by atoms with E-state index in [0.717, 1.165) is 4.47 Å². The van der Waals surface area contributed by atoms with Gasteiger partial charge in [-0.15, -0.1) is 11.8 Å². The van der Waals surface area contributed by atoms with Gasteiger partial charge < -0.3 is 0 Å². The maximum atomic E-state index is 3.49. The monoisotopic (exact) mass is 254 g/mol. The number of fused-ring (bicyclic) bond motifs is 1. The van der Waals surface area contributed by atoms with E-state index < -0.39 is 0 Å². The lowest BCUT2D eigenvalue weighted by Gasteiger charge is -2.25. The van der Waals surface area contributed by atoms with Crippen LogP contribution in [0.4, 0.5) is 0 Å². The Balaban J connectivity index is 2.48. The first-order valence-corrected chi connectivity index (χ1v) is 5.86. The molecule has 0 aromatic heterocycles. The predicted molar refractivity (Wildman–Crippen MR) is 63.1 cm³/mol. The highest BCUT2D eigenvalue weighted by atomic mass is 79.9. The van der Waals surface area contributed by atoms with Crippen LogP contribution in [0.3, 0.4) is 0 Å². The molecule has 2 rings (SSSR count). The summed E-state index contributed by atoms with van der Waals surface area (Å²) in [6, 6.07) is 6.42. The van der Waals surface area contributed by atoms with Gasteiger partial charge in [-0.2, -0.15) is 0 Å². The van der Waals surface area contributed by atoms with Gasteiger partial charge in [0.1, 0.15) is 0 Å². The number of hydrogen-bond acceptors (Lipinski definition) is 1. The molecule has 0 N–H and O–H groups in total. The third kappa shape index (κ3) is 2.00. The average molecular weight is 255 g/mol. The molecule has 1 aromatic rings. The Kier molecular flexibility index (Phi) is 2.28. The number of thioether (sulfide) groups is 1. The van der Waals surface area contributed by atoms with Crippen molar-refractivity contribution < 1.29 is 0 Å². The zero-order valence-corrected chi connectivity index (χ0v) is 10.1. The fraction of sp³-hybridized carbons (Fsp3) is 0.273. The first-order valence-electron chi connectivity index (χ1n) is 4.25. The summed E-state index contributed by atoms with van der Waals surface area (Å²) < 4.78 is 1.39. The molecule has 0 saturated heterocycles. The molecule has 13 heavy (non-hydrogen) atoms. The lowest BCUT2D eigenvalue weighted by molar-refractivity contribution is 0.896. The highest BCUT2D eigenvalue weighted by molar-refractivity contribution is 9.10. The zero-order valence-electron chi connectivity index (χ0n) is 7.67. The van der Waals surface area contributed by atoms with E-state index in [9.17, 15) is 0 Å². The van der Waals surface area contributed by atoms with Crippen LogP contribution in [0, 0.1) is 0 Å². The molecular weight excluding hydrogens is 244 g/mol. The van der Waals surface area contributed by atoms with Crippen LogP contribution in [-0.4, -0.2) is 4.75 Å². The summed E-state index contributed by atoms with van der Waals surface area (Å²) in [5.74, 6) is 0. The smallest absolute Gasteiger partial charge is 0.0333 e. The molecule has 0 radical (unpaired) electrons. The quantitative estimate of drug-likeness (QED) is 0.664. The van der Waals surface area contributed by atoms with Gasteiger partial charge in [0.2, 0.25) is 0 Å². The maximum absolute atomic E-state index is 3.49. The van der Waals surface area contributed by atoms with Crippen LogP contribution in [0.25, 0.3) is 6.08 Å². The van der Waals surface area contributed by atoms with Gasteiger partial charge in [0, 0.05) is 14.1 Å². The third-order valence-electron chi connectivity index (χ3n) is 2.01. The van der Waals surface area contributed by atoms with E-state index in [0.29, 0.717) is 0 Å². The molecule has 1 aliphatic rings. The molecule has 0 amide bonds. The van der Waals surface area contributed by atoms with Crippen molar-refractivity contribution in [2.24, 2.45) is 0 Å². The Morgan fingerprint density at radius 3 is 2.85 bits per heavy atom. The number of hydrogen-bond donors (Lipinski definition) is 0. The van der Waals surface area contributed by atoms with Crippen molar-refractivity contribution >= 4 is 33.8 Å². The van der Waals surface area contributed by atoms with E-state index in [-0.39, 0.29) is 4.75 Å². The van der Waals surface area contributed by atoms with Crippen molar-refractivity contribution in [3.8, 4) is 0 Å². The van der Waals surface area contributed by atoms with Crippen LogP contribution in [0.15, 0.2) is 33.6 Å². The highest BCUT2D eigenvalue weighted by Crippen LogP contribution is 2.41. The second-order valence-electron chi connectivity index (χ2n) is 3.72. The number of rotatable bonds is 0. The predicted octanol–water partition coefficient (Wildman–Crippen LogP) is 4.35. The lowest BCUT2D eigenvalue weighted by Crippen LogP contribution is -2.12. The van der Waals surface area contributed by atoms with Crippen molar-refractivity contribution in [2.45, 2.75) is 23.5 Å². The Labute approximate surface area is 91.6 Å². The standard InChI is InChI=1S/C11H11BrS/c1-11(2)6-5-8-3-4-9(12)7-10(8)13-11/h3-7H,1-2H3. The molecule has 0 nitrogen and oxygen atoms in total. The summed E-state index contributed by atoms with van der Waals surface area (Å²) in [6.07, 6.45) is 4.46. The SMILES string of the molecule is CC1(C)C=Cc2ccc(Br)cc2S1. The number of halogens is 1. The van der Waals surface area contributed by atoms with Crippen molar-refractivity contribution in [1.29, 1.82) is 0 Å². The second-order valence-corrected chi connectivity index (χ2v) is 6.33. The summed E-state index contributed by atoms with van der Waals surface area (Å²) in [6.45, 7) is 4.47. The summed E-state index contributed by atoms with van der Waals surface area (Å²) >= 11 is 5.40. The van der Waals surface area contributed by atoms with Crippen LogP contribution < -0.4 is 0 Å². The minimum absolute atomic E-state index is 0.230. The zero-order chi connectivity index (χ0) is 9.47. The van der Waals surface area contributed by atoms with Crippen molar-refractivity contribution in [2.75, 3.05) is 0 Å². The molecule has 1 aliphatic heterocycles. The van der Waals surface area contributed by atoms with Crippen LogP contribution >= 0.6 is 27.7 Å². The molecule has 1 heterocycles. The Bertz CT molecular complexity index is 366. The van der Waals surface area contributed by atoms with Gasteiger partial charge in [0.15, 0.2) is 0 Å². The van der Waals surface area contributed by atoms with Crippen molar-refractivity contribution in [3.63, 3.8) is 0 Å². The molecule has 0 unspecified atom stereocenters. The molecule has 0 fully saturated rings. The third-order valence-corrected chi connectivity index (χ3v) is 3.74. The summed E-state index contributed by atoms with van der Waals surface area (Å²) in [7, 11) is 0. The topological polar surface area (TPSA) is 0 Å². The van der Waals surface area contributed by atoms with E-state index in [1.165, 1.54) is 10.5 Å². The first-order chi connectivity index (χ1) is 6.07. The Hall–Kier alpha value is -0.210. The van der Waals surface area contributed by atoms with E-state index in [2.05, 4.69) is 60.1 Å². The van der Waals surface area contributed by atoms with Gasteiger partial charge in [-0.05, 0) is 31.5 Å². The fourth-order valence-corrected chi connectivity index (χ4v) is 3.00. The molecule has 0 atom stereocenters. The number of benzene rings is 1. The van der Waals surface area contributed by atoms with E-state index in [1.807, 2.05) is 11.8 Å². The fourth-order valence-electron chi connectivity index (χ4n) is 1.34. The maximum Gasteiger partial charge on any atom is 0.0333 e. The molecule has 0 spiro atoms. The molecule has 1 aromatic carbocycles. The molecular formula is C11H11BrS.